The van der Waals surface area contributed by atoms with Gasteiger partial charge in [0.15, 0.2) is 5.82 Å². The van der Waals surface area contributed by atoms with Gasteiger partial charge in [0.05, 0.1) is 47.4 Å². The number of piperidine rings is 1. The van der Waals surface area contributed by atoms with Gasteiger partial charge in [-0.05, 0) is 18.6 Å². The Bertz CT molecular complexity index is 1330. The zero-order valence-corrected chi connectivity index (χ0v) is 19.3. The highest BCUT2D eigenvalue weighted by molar-refractivity contribution is 7.88. The van der Waals surface area contributed by atoms with Gasteiger partial charge < -0.3 is 19.7 Å². The van der Waals surface area contributed by atoms with Crippen molar-refractivity contribution < 1.29 is 22.7 Å². The number of nitrogens with zero attached hydrogens (tertiary/aromatic N) is 5. The summed E-state index contributed by atoms with van der Waals surface area (Å²) in [6.45, 7) is 1.67. The largest absolute Gasteiger partial charge is 0.390 e. The Morgan fingerprint density at radius 3 is 2.88 bits per heavy atom. The molecule has 0 aliphatic carbocycles. The number of benzene rings is 1. The molecule has 2 aromatic heterocycles. The Morgan fingerprint density at radius 2 is 2.12 bits per heavy atom. The summed E-state index contributed by atoms with van der Waals surface area (Å²) in [5.74, 6) is 0.380. The van der Waals surface area contributed by atoms with E-state index in [1.165, 1.54) is 16.6 Å². The quantitative estimate of drug-likeness (QED) is 0.558. The van der Waals surface area contributed by atoms with Gasteiger partial charge in [0.1, 0.15) is 17.9 Å². The number of nitrogens with one attached hydrogen (secondary N) is 1. The lowest BCUT2D eigenvalue weighted by atomic mass is 10.0. The van der Waals surface area contributed by atoms with Gasteiger partial charge in [0.25, 0.3) is 0 Å². The number of fused-ring (bicyclic) bond motifs is 3. The maximum Gasteiger partial charge on any atom is 0.223 e. The molecule has 5 rings (SSSR count). The van der Waals surface area contributed by atoms with Crippen molar-refractivity contribution in [2.75, 3.05) is 31.3 Å². The molecule has 33 heavy (non-hydrogen) atoms. The summed E-state index contributed by atoms with van der Waals surface area (Å²) in [5.41, 5.74) is 1.71. The third kappa shape index (κ3) is 4.28. The van der Waals surface area contributed by atoms with Crippen LogP contribution in [0.3, 0.4) is 0 Å². The highest BCUT2D eigenvalue weighted by Gasteiger charge is 2.32. The predicted molar refractivity (Wildman–Crippen MR) is 120 cm³/mol. The van der Waals surface area contributed by atoms with Gasteiger partial charge >= 0.3 is 0 Å². The van der Waals surface area contributed by atoms with Crippen LogP contribution >= 0.6 is 11.6 Å². The van der Waals surface area contributed by atoms with Gasteiger partial charge in [-0.1, -0.05) is 11.6 Å². The molecule has 10 nitrogen and oxygen atoms in total. The normalized spacial score (nSPS) is 21.8. The number of sulfonamides is 1. The Hall–Kier alpha value is -2.38. The molecule has 2 aliphatic rings. The van der Waals surface area contributed by atoms with E-state index in [4.69, 9.17) is 16.3 Å². The Labute approximate surface area is 194 Å². The first-order chi connectivity index (χ1) is 15.7. The summed E-state index contributed by atoms with van der Waals surface area (Å²) in [6, 6.07) is 2.68. The number of aromatic nitrogens is 4. The summed E-state index contributed by atoms with van der Waals surface area (Å²) in [5, 5.41) is 13.7. The summed E-state index contributed by atoms with van der Waals surface area (Å²) < 4.78 is 46.9. The third-order valence-electron chi connectivity index (χ3n) is 5.92. The molecular formula is C20H22ClFN6O4S. The Balaban J connectivity index is 1.44. The van der Waals surface area contributed by atoms with E-state index in [0.717, 1.165) is 6.26 Å². The number of halogens is 2. The van der Waals surface area contributed by atoms with Gasteiger partial charge in [0.2, 0.25) is 16.0 Å². The van der Waals surface area contributed by atoms with E-state index >= 15 is 0 Å². The first-order valence-corrected chi connectivity index (χ1v) is 12.6. The fourth-order valence-electron chi connectivity index (χ4n) is 4.22. The molecule has 3 aromatic rings. The lowest BCUT2D eigenvalue weighted by Gasteiger charge is -2.34. The summed E-state index contributed by atoms with van der Waals surface area (Å²) >= 11 is 6.35. The van der Waals surface area contributed by atoms with E-state index in [-0.39, 0.29) is 29.6 Å². The maximum absolute atomic E-state index is 14.9. The smallest absolute Gasteiger partial charge is 0.223 e. The van der Waals surface area contributed by atoms with Crippen LogP contribution in [0.15, 0.2) is 18.3 Å². The fourth-order valence-corrected chi connectivity index (χ4v) is 5.28. The number of β-amino-alcohol motifs (C(OH)–C–C–N with tert-alkyl or cyclic N) is 1. The molecule has 176 valence electrons. The number of ether oxygens (including phenoxy) is 1. The molecule has 0 spiro atoms. The molecule has 2 atom stereocenters. The van der Waals surface area contributed by atoms with Crippen LogP contribution in [0.5, 0.6) is 0 Å². The molecule has 13 heteroatoms. The first-order valence-electron chi connectivity index (χ1n) is 10.4. The topological polar surface area (TPSA) is 122 Å². The molecule has 2 aliphatic heterocycles. The van der Waals surface area contributed by atoms with Crippen LogP contribution in [-0.4, -0.2) is 75.4 Å². The molecule has 0 amide bonds. The summed E-state index contributed by atoms with van der Waals surface area (Å²) in [7, 11) is -3.38. The minimum atomic E-state index is -3.38. The molecule has 0 saturated carbocycles. The number of aliphatic hydroxyl groups is 1. The predicted octanol–water partition coefficient (Wildman–Crippen LogP) is 1.62. The second-order valence-electron chi connectivity index (χ2n) is 8.18. The van der Waals surface area contributed by atoms with Gasteiger partial charge in [0, 0.05) is 25.2 Å². The Morgan fingerprint density at radius 1 is 1.30 bits per heavy atom. The third-order valence-corrected chi connectivity index (χ3v) is 7.47. The van der Waals surface area contributed by atoms with Crippen molar-refractivity contribution in [3.05, 3.63) is 35.0 Å². The second-order valence-corrected chi connectivity index (χ2v) is 10.6. The minimum Gasteiger partial charge on any atom is -0.390 e. The lowest BCUT2D eigenvalue weighted by molar-refractivity contribution is 0.0830. The van der Waals surface area contributed by atoms with Crippen LogP contribution in [0.2, 0.25) is 5.02 Å². The number of aliphatic hydroxyl groups excluding tert-OH is 1. The molecule has 1 fully saturated rings. The average Bonchev–Trinajstić information content (AvgIpc) is 3.15. The van der Waals surface area contributed by atoms with Crippen molar-refractivity contribution in [1.29, 1.82) is 0 Å². The summed E-state index contributed by atoms with van der Waals surface area (Å²) in [6.07, 6.45) is 1.96. The van der Waals surface area contributed by atoms with Crippen LogP contribution < -0.4 is 5.32 Å². The van der Waals surface area contributed by atoms with E-state index in [0.29, 0.717) is 48.8 Å². The molecule has 0 bridgehead atoms. The highest BCUT2D eigenvalue weighted by atomic mass is 35.5. The van der Waals surface area contributed by atoms with Crippen LogP contribution in [-0.2, 0) is 27.9 Å². The van der Waals surface area contributed by atoms with Crippen molar-refractivity contribution in [3.8, 4) is 11.3 Å². The van der Waals surface area contributed by atoms with E-state index in [9.17, 15) is 17.9 Å². The molecular weight excluding hydrogens is 475 g/mol. The van der Waals surface area contributed by atoms with E-state index in [1.807, 2.05) is 4.57 Å². The summed E-state index contributed by atoms with van der Waals surface area (Å²) in [4.78, 5) is 13.0. The number of hydrogen-bond acceptors (Lipinski definition) is 8. The average molecular weight is 497 g/mol. The van der Waals surface area contributed by atoms with Crippen molar-refractivity contribution in [2.24, 2.45) is 0 Å². The van der Waals surface area contributed by atoms with E-state index < -0.39 is 28.0 Å². The maximum atomic E-state index is 14.9. The number of anilines is 1. The van der Waals surface area contributed by atoms with E-state index in [1.54, 1.807) is 6.07 Å². The first kappa shape index (κ1) is 22.4. The molecule has 1 saturated heterocycles. The minimum absolute atomic E-state index is 0.0190. The van der Waals surface area contributed by atoms with Gasteiger partial charge in [-0.3, -0.25) is 0 Å². The zero-order valence-electron chi connectivity index (χ0n) is 17.7. The molecule has 0 radical (unpaired) electrons. The lowest BCUT2D eigenvalue weighted by Crippen LogP contribution is -2.51. The van der Waals surface area contributed by atoms with Crippen molar-refractivity contribution >= 4 is 38.6 Å². The van der Waals surface area contributed by atoms with E-state index in [2.05, 4.69) is 20.3 Å². The SMILES string of the molecule is CS(=O)(=O)N1CC[C@@H](Nc2ncc(Cl)c(-c3cc(F)c4nc5n(c4c3)CCOC5)n2)[C@H](O)C1. The fraction of sp³-hybridized carbons (Fsp3) is 0.450. The second kappa shape index (κ2) is 8.44. The van der Waals surface area contributed by atoms with Crippen LogP contribution in [0.1, 0.15) is 12.2 Å². The monoisotopic (exact) mass is 496 g/mol. The van der Waals surface area contributed by atoms with Crippen molar-refractivity contribution in [1.82, 2.24) is 23.8 Å². The number of hydrogen-bond donors (Lipinski definition) is 2. The molecule has 4 heterocycles. The Kier molecular flexibility index (Phi) is 5.73. The standard InChI is InChI=1S/C20H22ClFN6O4S/c1-33(30,31)27-3-2-14(16(29)9-27)24-20-23-8-12(21)18(26-20)11-6-13(22)19-15(7-11)28-4-5-32-10-17(28)25-19/h6-8,14,16,29H,2-5,9-10H2,1H3,(H,23,24,26)/t14-,16-/m1/s1. The van der Waals surface area contributed by atoms with Crippen molar-refractivity contribution in [3.63, 3.8) is 0 Å². The van der Waals surface area contributed by atoms with Crippen LogP contribution in [0.25, 0.3) is 22.3 Å². The zero-order chi connectivity index (χ0) is 23.3. The van der Waals surface area contributed by atoms with Crippen molar-refractivity contribution in [2.45, 2.75) is 31.7 Å². The molecule has 1 aromatic carbocycles. The number of imidazole rings is 1. The van der Waals surface area contributed by atoms with Crippen LogP contribution in [0, 0.1) is 5.82 Å². The molecule has 2 N–H and O–H groups in total. The van der Waals surface area contributed by atoms with Gasteiger partial charge in [-0.2, -0.15) is 4.31 Å². The van der Waals surface area contributed by atoms with Gasteiger partial charge in [-0.25, -0.2) is 27.8 Å². The molecule has 0 unspecified atom stereocenters. The highest BCUT2D eigenvalue weighted by Crippen LogP contribution is 2.32. The van der Waals surface area contributed by atoms with Gasteiger partial charge in [-0.15, -0.1) is 0 Å². The number of rotatable bonds is 4. The van der Waals surface area contributed by atoms with Crippen LogP contribution in [0.4, 0.5) is 10.3 Å².